The summed E-state index contributed by atoms with van der Waals surface area (Å²) >= 11 is 0.768. The van der Waals surface area contributed by atoms with Gasteiger partial charge in [-0.1, -0.05) is 36.4 Å². The Bertz CT molecular complexity index is 1290. The molecule has 9 heteroatoms. The lowest BCUT2D eigenvalue weighted by atomic mass is 10.2. The lowest BCUT2D eigenvalue weighted by Crippen LogP contribution is -2.36. The molecular weight excluding hydrogens is 471 g/mol. The highest BCUT2D eigenvalue weighted by Gasteiger charge is 2.36. The van der Waals surface area contributed by atoms with Crippen molar-refractivity contribution in [3.05, 3.63) is 94.6 Å². The zero-order valence-corrected chi connectivity index (χ0v) is 19.5. The largest absolute Gasteiger partial charge is 0.495 e. The Kier molecular flexibility index (Phi) is 7.47. The van der Waals surface area contributed by atoms with Crippen LogP contribution in [0.25, 0.3) is 6.08 Å². The Labute approximate surface area is 205 Å². The molecule has 0 spiro atoms. The van der Waals surface area contributed by atoms with E-state index in [0.717, 1.165) is 22.2 Å². The van der Waals surface area contributed by atoms with Crippen LogP contribution in [0.5, 0.6) is 11.5 Å². The average Bonchev–Trinajstić information content (AvgIpc) is 3.11. The second kappa shape index (κ2) is 10.9. The van der Waals surface area contributed by atoms with E-state index in [-0.39, 0.29) is 17.3 Å². The Morgan fingerprint density at radius 3 is 2.60 bits per heavy atom. The summed E-state index contributed by atoms with van der Waals surface area (Å²) in [6, 6.07) is 19.9. The first-order chi connectivity index (χ1) is 16.9. The predicted molar refractivity (Wildman–Crippen MR) is 131 cm³/mol. The molecule has 178 valence electrons. The number of carbonyl (C=O) groups is 3. The van der Waals surface area contributed by atoms with Crippen molar-refractivity contribution in [1.82, 2.24) is 4.90 Å². The van der Waals surface area contributed by atoms with Gasteiger partial charge in [-0.3, -0.25) is 19.3 Å². The molecule has 0 unspecified atom stereocenters. The molecule has 1 N–H and O–H groups in total. The maximum atomic E-state index is 13.1. The van der Waals surface area contributed by atoms with E-state index in [1.165, 1.54) is 19.2 Å². The third-order valence-corrected chi connectivity index (χ3v) is 5.94. The SMILES string of the molecule is COc1ccccc1NC(=O)CN1C(=O)S/C(=C/c2cccc(OCc3ccc(F)cc3)c2)C1=O. The monoisotopic (exact) mass is 492 g/mol. The first-order valence-corrected chi connectivity index (χ1v) is 11.4. The molecule has 35 heavy (non-hydrogen) atoms. The lowest BCUT2D eigenvalue weighted by molar-refractivity contribution is -0.127. The molecule has 1 aliphatic heterocycles. The number of thioether (sulfide) groups is 1. The van der Waals surface area contributed by atoms with Gasteiger partial charge in [0.05, 0.1) is 17.7 Å². The van der Waals surface area contributed by atoms with Crippen LogP contribution in [0.15, 0.2) is 77.7 Å². The van der Waals surface area contributed by atoms with Gasteiger partial charge in [0.2, 0.25) is 5.91 Å². The minimum Gasteiger partial charge on any atom is -0.495 e. The highest BCUT2D eigenvalue weighted by atomic mass is 32.2. The first-order valence-electron chi connectivity index (χ1n) is 10.6. The van der Waals surface area contributed by atoms with E-state index in [2.05, 4.69) is 5.32 Å². The molecule has 0 aliphatic carbocycles. The topological polar surface area (TPSA) is 84.9 Å². The summed E-state index contributed by atoms with van der Waals surface area (Å²) in [6.07, 6.45) is 1.58. The van der Waals surface area contributed by atoms with Gasteiger partial charge in [0.25, 0.3) is 11.1 Å². The molecule has 0 bridgehead atoms. The molecule has 1 saturated heterocycles. The number of rotatable bonds is 8. The summed E-state index contributed by atoms with van der Waals surface area (Å²) in [5.41, 5.74) is 1.91. The van der Waals surface area contributed by atoms with Crippen molar-refractivity contribution in [1.29, 1.82) is 0 Å². The second-order valence-corrected chi connectivity index (χ2v) is 8.50. The highest BCUT2D eigenvalue weighted by Crippen LogP contribution is 2.33. The zero-order valence-electron chi connectivity index (χ0n) is 18.7. The number of ether oxygens (including phenoxy) is 2. The maximum absolute atomic E-state index is 13.1. The van der Waals surface area contributed by atoms with Crippen molar-refractivity contribution in [2.24, 2.45) is 0 Å². The van der Waals surface area contributed by atoms with Crippen LogP contribution in [-0.2, 0) is 16.2 Å². The van der Waals surface area contributed by atoms with E-state index in [1.807, 2.05) is 0 Å². The number of halogens is 1. The Morgan fingerprint density at radius 1 is 1.06 bits per heavy atom. The number of hydrogen-bond acceptors (Lipinski definition) is 6. The molecule has 1 fully saturated rings. The maximum Gasteiger partial charge on any atom is 0.294 e. The van der Waals surface area contributed by atoms with E-state index in [1.54, 1.807) is 66.7 Å². The normalized spacial score (nSPS) is 14.3. The number of carbonyl (C=O) groups excluding carboxylic acids is 3. The number of methoxy groups -OCH3 is 1. The minimum absolute atomic E-state index is 0.204. The molecule has 1 aliphatic rings. The van der Waals surface area contributed by atoms with Gasteiger partial charge in [-0.15, -0.1) is 0 Å². The predicted octanol–water partition coefficient (Wildman–Crippen LogP) is 5.09. The van der Waals surface area contributed by atoms with E-state index >= 15 is 0 Å². The van der Waals surface area contributed by atoms with Gasteiger partial charge in [-0.25, -0.2) is 4.39 Å². The standard InChI is InChI=1S/C26H21FN2O5S/c1-33-22-8-3-2-7-21(22)28-24(30)15-29-25(31)23(35-26(29)32)14-18-5-4-6-20(13-18)34-16-17-9-11-19(27)12-10-17/h2-14H,15-16H2,1H3,(H,28,30)/b23-14+. The van der Waals surface area contributed by atoms with Crippen LogP contribution in [0.1, 0.15) is 11.1 Å². The van der Waals surface area contributed by atoms with Crippen LogP contribution in [0.2, 0.25) is 0 Å². The third kappa shape index (κ3) is 6.07. The van der Waals surface area contributed by atoms with E-state index in [4.69, 9.17) is 9.47 Å². The van der Waals surface area contributed by atoms with Crippen molar-refractivity contribution in [3.8, 4) is 11.5 Å². The molecule has 0 radical (unpaired) electrons. The van der Waals surface area contributed by atoms with Crippen LogP contribution in [0, 0.1) is 5.82 Å². The molecule has 0 saturated carbocycles. The van der Waals surface area contributed by atoms with Gasteiger partial charge in [0.1, 0.15) is 30.5 Å². The van der Waals surface area contributed by atoms with Gasteiger partial charge in [-0.2, -0.15) is 0 Å². The van der Waals surface area contributed by atoms with Crippen LogP contribution < -0.4 is 14.8 Å². The van der Waals surface area contributed by atoms with E-state index in [0.29, 0.717) is 22.7 Å². The molecule has 0 atom stereocenters. The average molecular weight is 493 g/mol. The summed E-state index contributed by atoms with van der Waals surface area (Å²) in [4.78, 5) is 38.8. The fraction of sp³-hybridized carbons (Fsp3) is 0.115. The summed E-state index contributed by atoms with van der Waals surface area (Å²) in [5, 5.41) is 2.13. The van der Waals surface area contributed by atoms with Crippen molar-refractivity contribution < 1.29 is 28.2 Å². The molecule has 4 rings (SSSR count). The quantitative estimate of drug-likeness (QED) is 0.441. The second-order valence-electron chi connectivity index (χ2n) is 7.50. The number of anilines is 1. The van der Waals surface area contributed by atoms with Crippen molar-refractivity contribution in [3.63, 3.8) is 0 Å². The highest BCUT2D eigenvalue weighted by molar-refractivity contribution is 8.18. The molecule has 0 aromatic heterocycles. The molecule has 3 aromatic carbocycles. The van der Waals surface area contributed by atoms with Crippen molar-refractivity contribution >= 4 is 40.6 Å². The Hall–Kier alpha value is -4.11. The number of nitrogens with one attached hydrogen (secondary N) is 1. The van der Waals surface area contributed by atoms with Gasteiger partial charge < -0.3 is 14.8 Å². The number of para-hydroxylation sites is 2. The van der Waals surface area contributed by atoms with Crippen LogP contribution in [0.3, 0.4) is 0 Å². The molecule has 7 nitrogen and oxygen atoms in total. The zero-order chi connectivity index (χ0) is 24.8. The van der Waals surface area contributed by atoms with Crippen LogP contribution in [-0.4, -0.2) is 35.6 Å². The fourth-order valence-corrected chi connectivity index (χ4v) is 4.15. The van der Waals surface area contributed by atoms with E-state index in [9.17, 15) is 18.8 Å². The number of nitrogens with zero attached hydrogens (tertiary/aromatic N) is 1. The van der Waals surface area contributed by atoms with Crippen molar-refractivity contribution in [2.45, 2.75) is 6.61 Å². The molecular formula is C26H21FN2O5S. The van der Waals surface area contributed by atoms with Gasteiger partial charge in [0, 0.05) is 0 Å². The summed E-state index contributed by atoms with van der Waals surface area (Å²) in [5.74, 6) is -0.362. The number of amides is 3. The lowest BCUT2D eigenvalue weighted by Gasteiger charge is -2.14. The van der Waals surface area contributed by atoms with Crippen LogP contribution in [0.4, 0.5) is 14.9 Å². The summed E-state index contributed by atoms with van der Waals surface area (Å²) in [7, 11) is 1.48. The third-order valence-electron chi connectivity index (χ3n) is 5.03. The van der Waals surface area contributed by atoms with Crippen LogP contribution >= 0.6 is 11.8 Å². The summed E-state index contributed by atoms with van der Waals surface area (Å²) in [6.45, 7) is -0.164. The minimum atomic E-state index is -0.548. The molecule has 1 heterocycles. The smallest absolute Gasteiger partial charge is 0.294 e. The summed E-state index contributed by atoms with van der Waals surface area (Å²) < 4.78 is 24.0. The fourth-order valence-electron chi connectivity index (χ4n) is 3.31. The molecule has 3 amide bonds. The first kappa shape index (κ1) is 24.0. The van der Waals surface area contributed by atoms with Gasteiger partial charge in [0.15, 0.2) is 0 Å². The van der Waals surface area contributed by atoms with E-state index < -0.39 is 23.6 Å². The molecule has 3 aromatic rings. The van der Waals surface area contributed by atoms with Crippen molar-refractivity contribution in [2.75, 3.05) is 19.0 Å². The van der Waals surface area contributed by atoms with Gasteiger partial charge >= 0.3 is 0 Å². The number of hydrogen-bond donors (Lipinski definition) is 1. The number of imide groups is 1. The van der Waals surface area contributed by atoms with Gasteiger partial charge in [-0.05, 0) is 65.4 Å². The Balaban J connectivity index is 1.40. The Morgan fingerprint density at radius 2 is 1.83 bits per heavy atom. The number of benzene rings is 3.